The van der Waals surface area contributed by atoms with Gasteiger partial charge < -0.3 is 51.1 Å². The third kappa shape index (κ3) is 59.0. The van der Waals surface area contributed by atoms with Crippen LogP contribution in [0.3, 0.4) is 0 Å². The Kier molecular flexibility index (Phi) is 70.1. The van der Waals surface area contributed by atoms with E-state index in [4.69, 9.17) is 10.2 Å². The van der Waals surface area contributed by atoms with Gasteiger partial charge in [0.25, 0.3) is 0 Å². The first-order valence-corrected chi connectivity index (χ1v) is 51.0. The van der Waals surface area contributed by atoms with Gasteiger partial charge >= 0.3 is 59.7 Å². The second kappa shape index (κ2) is 70.5. The minimum atomic E-state index is -0.758. The van der Waals surface area contributed by atoms with Crippen molar-refractivity contribution >= 4 is 59.7 Å². The first kappa shape index (κ1) is 140. The van der Waals surface area contributed by atoms with Gasteiger partial charge in [-0.3, -0.25) is 47.9 Å². The van der Waals surface area contributed by atoms with Crippen molar-refractivity contribution < 1.29 is 99.0 Å². The van der Waals surface area contributed by atoms with Crippen molar-refractivity contribution in [2.75, 3.05) is 0 Å². The van der Waals surface area contributed by atoms with E-state index in [-0.39, 0.29) is 37.1 Å². The Bertz CT molecular complexity index is 4210. The molecule has 141 heavy (non-hydrogen) atoms. The summed E-state index contributed by atoms with van der Waals surface area (Å²) >= 11 is 0. The standard InChI is InChI=1S/C26H42O4.C25H40O4.C23H36O4.C22H34O4.C20H30O4.5CH4/c1-25(2,23(27)28)19-13-7-5-9-15-21-17-11-12-18-22(21)16-10-6-8-14-20-26(3,4)24(29)30;1-24(2,22(26)27)18-12-6-5-8-14-20-16-10-11-17-21(20)15-9-7-13-19-25(3,4)23(28)29;1-22(2,20(24)25)16-10-5-6-12-18-13-7-8-14-19(18)15-9-11-17-23(3,4)21(26)27;1-21(2,19(23)24)15-9-7-13-17-11-5-6-12-18(17)14-8-10-16-22(3,4)20(25)26;1-19(2,17(21)22)13-7-11-15-9-5-6-10-16(15)12-8-14-20(3,4)18(23)24;;;;;/h11-12,17-18H,5-10,13-16,19-20H2,1-4H3,(H,27,28)(H,29,30);10-11,16-17H,5-9,12-15,18-19H2,1-4H3,(H,26,27)(H,28,29);7-8,13-14H,5-6,9-12,15-17H2,1-4H3,(H,24,25)(H,26,27);5-6,11-12H,7-10,13-16H2,1-4H3,(H,23,24)(H,25,26);5-6,9-10H,7-8,11-14H2,1-4H3,(H,21,22)(H,23,24);5*1H4. The first-order chi connectivity index (χ1) is 63.3. The zero-order valence-corrected chi connectivity index (χ0v) is 87.6. The lowest BCUT2D eigenvalue weighted by atomic mass is 9.85. The maximum Gasteiger partial charge on any atom is 0.309 e. The summed E-state index contributed by atoms with van der Waals surface area (Å²) in [4.78, 5) is 112. The van der Waals surface area contributed by atoms with Crippen molar-refractivity contribution in [2.24, 2.45) is 54.1 Å². The Morgan fingerprint density at radius 3 is 0.333 bits per heavy atom. The summed E-state index contributed by atoms with van der Waals surface area (Å²) in [6, 6.07) is 42.4. The lowest BCUT2D eigenvalue weighted by molar-refractivity contribution is -0.148. The zero-order valence-electron chi connectivity index (χ0n) is 87.6. The molecular weight excluding hydrogens is 1770 g/mol. The summed E-state index contributed by atoms with van der Waals surface area (Å²) < 4.78 is 0. The number of hydrogen-bond acceptors (Lipinski definition) is 10. The largest absolute Gasteiger partial charge is 0.481 e. The van der Waals surface area contributed by atoms with E-state index in [9.17, 15) is 88.8 Å². The molecule has 0 spiro atoms. The molecule has 0 radical (unpaired) electrons. The Morgan fingerprint density at radius 2 is 0.220 bits per heavy atom. The molecule has 0 saturated carbocycles. The van der Waals surface area contributed by atoms with Crippen LogP contribution in [0.1, 0.15) is 462 Å². The van der Waals surface area contributed by atoms with Crippen LogP contribution >= 0.6 is 0 Å². The van der Waals surface area contributed by atoms with Gasteiger partial charge in [0.2, 0.25) is 0 Å². The minimum Gasteiger partial charge on any atom is -0.481 e. The van der Waals surface area contributed by atoms with Gasteiger partial charge in [0, 0.05) is 0 Å². The molecule has 0 aromatic heterocycles. The number of carbonyl (C=O) groups is 10. The van der Waals surface area contributed by atoms with E-state index in [1.807, 2.05) is 24.3 Å². The third-order valence-electron chi connectivity index (χ3n) is 27.9. The summed E-state index contributed by atoms with van der Waals surface area (Å²) in [6.45, 7) is 35.7. The number of carboxylic acid groups (broad SMARTS) is 10. The predicted molar refractivity (Wildman–Crippen MR) is 583 cm³/mol. The number of rotatable bonds is 66. The highest BCUT2D eigenvalue weighted by atomic mass is 16.4. The van der Waals surface area contributed by atoms with E-state index < -0.39 is 114 Å². The van der Waals surface area contributed by atoms with Crippen molar-refractivity contribution in [3.8, 4) is 0 Å². The molecule has 0 bridgehead atoms. The van der Waals surface area contributed by atoms with Crippen LogP contribution in [0.15, 0.2) is 121 Å². The van der Waals surface area contributed by atoms with Gasteiger partial charge in [-0.05, 0) is 387 Å². The molecule has 0 atom stereocenters. The predicted octanol–water partition coefficient (Wildman–Crippen LogP) is 32.2. The normalized spacial score (nSPS) is 11.7. The number of carboxylic acids is 10. The molecule has 0 aliphatic carbocycles. The molecule has 20 nitrogen and oxygen atoms in total. The quantitative estimate of drug-likeness (QED) is 0.0162. The van der Waals surface area contributed by atoms with Crippen molar-refractivity contribution in [1.82, 2.24) is 0 Å². The molecular formula is C121H202O20. The van der Waals surface area contributed by atoms with Crippen LogP contribution in [0, 0.1) is 54.1 Å². The van der Waals surface area contributed by atoms with Gasteiger partial charge in [0.05, 0.1) is 54.1 Å². The van der Waals surface area contributed by atoms with Crippen LogP contribution in [0.25, 0.3) is 0 Å². The Labute approximate surface area is 855 Å². The van der Waals surface area contributed by atoms with Gasteiger partial charge in [-0.2, -0.15) is 0 Å². The number of aliphatic carboxylic acids is 10. The Morgan fingerprint density at radius 1 is 0.142 bits per heavy atom. The van der Waals surface area contributed by atoms with Gasteiger partial charge in [-0.15, -0.1) is 0 Å². The zero-order chi connectivity index (χ0) is 103. The van der Waals surface area contributed by atoms with Crippen LogP contribution in [0.4, 0.5) is 0 Å². The molecule has 0 amide bonds. The number of unbranched alkanes of at least 4 members (excludes halogenated alkanes) is 16. The van der Waals surface area contributed by atoms with E-state index in [2.05, 4.69) is 97.1 Å². The molecule has 5 aromatic rings. The summed E-state index contributed by atoms with van der Waals surface area (Å²) in [6.07, 6.45) is 43.5. The first-order valence-electron chi connectivity index (χ1n) is 51.0. The van der Waals surface area contributed by atoms with Crippen molar-refractivity contribution in [1.29, 1.82) is 0 Å². The van der Waals surface area contributed by atoms with E-state index >= 15 is 0 Å². The summed E-state index contributed by atoms with van der Waals surface area (Å²) in [7, 11) is 0. The van der Waals surface area contributed by atoms with E-state index in [0.717, 1.165) is 257 Å². The molecule has 5 aromatic carbocycles. The van der Waals surface area contributed by atoms with Crippen LogP contribution in [-0.2, 0) is 112 Å². The summed E-state index contributed by atoms with van der Waals surface area (Å²) in [5.74, 6) is -7.27. The average molecular weight is 1980 g/mol. The molecule has 0 heterocycles. The molecule has 0 fully saturated rings. The molecule has 0 saturated heterocycles. The highest BCUT2D eigenvalue weighted by Crippen LogP contribution is 2.35. The van der Waals surface area contributed by atoms with E-state index in [1.54, 1.807) is 138 Å². The fourth-order valence-electron chi connectivity index (χ4n) is 16.2. The molecule has 0 aliphatic heterocycles. The monoisotopic (exact) mass is 1980 g/mol. The maximum atomic E-state index is 11.2. The van der Waals surface area contributed by atoms with Gasteiger partial charge in [0.15, 0.2) is 0 Å². The van der Waals surface area contributed by atoms with E-state index in [0.29, 0.717) is 38.5 Å². The molecule has 10 N–H and O–H groups in total. The van der Waals surface area contributed by atoms with Crippen molar-refractivity contribution in [3.63, 3.8) is 0 Å². The van der Waals surface area contributed by atoms with Crippen molar-refractivity contribution in [3.05, 3.63) is 177 Å². The maximum absolute atomic E-state index is 11.2. The van der Waals surface area contributed by atoms with Crippen molar-refractivity contribution in [2.45, 2.75) is 471 Å². The Hall–Kier alpha value is -9.20. The molecule has 5 rings (SSSR count). The average Bonchev–Trinajstić information content (AvgIpc) is 0.872. The highest BCUT2D eigenvalue weighted by Gasteiger charge is 2.34. The van der Waals surface area contributed by atoms with Gasteiger partial charge in [0.1, 0.15) is 0 Å². The lowest BCUT2D eigenvalue weighted by Gasteiger charge is -2.20. The topological polar surface area (TPSA) is 373 Å². The molecule has 806 valence electrons. The fraction of sp³-hybridized carbons (Fsp3) is 0.669. The second-order valence-electron chi connectivity index (χ2n) is 44.9. The third-order valence-corrected chi connectivity index (χ3v) is 27.9. The molecule has 0 unspecified atom stereocenters. The second-order valence-corrected chi connectivity index (χ2v) is 44.9. The minimum absolute atomic E-state index is 0. The van der Waals surface area contributed by atoms with Gasteiger partial charge in [-0.1, -0.05) is 261 Å². The smallest absolute Gasteiger partial charge is 0.309 e. The summed E-state index contributed by atoms with van der Waals surface area (Å²) in [5, 5.41) is 91.8. The SMILES string of the molecule is C.C.C.C.C.CC(C)(CCCCCCc1ccccc1CCCCCC(C)(C)C(=O)O)C(=O)O.CC(C)(CCCCCCc1ccccc1CCCCCCC(C)(C)C(=O)O)C(=O)O.CC(C)(CCCCCc1ccccc1CCCCC(C)(C)C(=O)O)C(=O)O.CC(C)(CCCCc1ccccc1CCCCC(C)(C)C(=O)O)C(=O)O.CC(C)(CCCc1ccccc1CCCC(C)(C)C(=O)O)C(=O)O. The molecule has 0 aliphatic rings. The number of benzene rings is 5. The lowest BCUT2D eigenvalue weighted by Crippen LogP contribution is -2.23. The number of aryl methyl sites for hydroxylation is 10. The summed E-state index contributed by atoms with van der Waals surface area (Å²) in [5.41, 5.74) is 7.13. The van der Waals surface area contributed by atoms with E-state index in [1.165, 1.54) is 55.6 Å². The van der Waals surface area contributed by atoms with Gasteiger partial charge in [-0.25, -0.2) is 0 Å². The van der Waals surface area contributed by atoms with Crippen LogP contribution in [-0.4, -0.2) is 111 Å². The van der Waals surface area contributed by atoms with Crippen LogP contribution < -0.4 is 0 Å². The van der Waals surface area contributed by atoms with Crippen LogP contribution in [0.2, 0.25) is 0 Å². The molecule has 20 heteroatoms. The fourth-order valence-corrected chi connectivity index (χ4v) is 16.2. The van der Waals surface area contributed by atoms with Crippen LogP contribution in [0.5, 0.6) is 0 Å². The Balaban J connectivity index is -0.000000543. The number of hydrogen-bond donors (Lipinski definition) is 10. The highest BCUT2D eigenvalue weighted by molar-refractivity contribution is 5.77.